The van der Waals surface area contributed by atoms with Gasteiger partial charge in [0.15, 0.2) is 0 Å². The fraction of sp³-hybridized carbons (Fsp3) is 0.600. The molecule has 2 aliphatic carbocycles. The van der Waals surface area contributed by atoms with Crippen molar-refractivity contribution in [3.05, 3.63) is 24.3 Å². The molecule has 0 spiro atoms. The SMILES string of the molecule is CC1C=CC2CCC=CC12. The van der Waals surface area contributed by atoms with Crippen molar-refractivity contribution in [3.8, 4) is 0 Å². The maximum atomic E-state index is 2.40. The normalized spacial score (nSPS) is 43.9. The molecule has 0 fully saturated rings. The molecule has 3 unspecified atom stereocenters. The molecular weight excluding hydrogens is 120 g/mol. The van der Waals surface area contributed by atoms with Gasteiger partial charge in [0.2, 0.25) is 0 Å². The van der Waals surface area contributed by atoms with Crippen molar-refractivity contribution in [3.63, 3.8) is 0 Å². The minimum atomic E-state index is 0.793. The van der Waals surface area contributed by atoms with E-state index in [2.05, 4.69) is 31.2 Å². The zero-order valence-corrected chi connectivity index (χ0v) is 6.46. The maximum absolute atomic E-state index is 2.40. The monoisotopic (exact) mass is 134 g/mol. The van der Waals surface area contributed by atoms with Gasteiger partial charge in [-0.1, -0.05) is 31.2 Å². The van der Waals surface area contributed by atoms with Gasteiger partial charge < -0.3 is 0 Å². The van der Waals surface area contributed by atoms with Crippen LogP contribution in [-0.2, 0) is 0 Å². The van der Waals surface area contributed by atoms with Gasteiger partial charge in [0.25, 0.3) is 0 Å². The van der Waals surface area contributed by atoms with Crippen molar-refractivity contribution in [2.75, 3.05) is 0 Å². The third-order valence-electron chi connectivity index (χ3n) is 2.79. The Kier molecular flexibility index (Phi) is 1.40. The van der Waals surface area contributed by atoms with Crippen LogP contribution in [0.4, 0.5) is 0 Å². The van der Waals surface area contributed by atoms with Crippen LogP contribution in [0.25, 0.3) is 0 Å². The van der Waals surface area contributed by atoms with Crippen LogP contribution in [0.3, 0.4) is 0 Å². The molecule has 0 N–H and O–H groups in total. The van der Waals surface area contributed by atoms with E-state index >= 15 is 0 Å². The number of allylic oxidation sites excluding steroid dienone is 4. The Labute approximate surface area is 62.6 Å². The van der Waals surface area contributed by atoms with Crippen LogP contribution in [-0.4, -0.2) is 0 Å². The van der Waals surface area contributed by atoms with Gasteiger partial charge >= 0.3 is 0 Å². The third kappa shape index (κ3) is 0.828. The molecule has 2 aliphatic rings. The first kappa shape index (κ1) is 6.21. The number of rotatable bonds is 0. The summed E-state index contributed by atoms with van der Waals surface area (Å²) in [6.07, 6.45) is 12.2. The van der Waals surface area contributed by atoms with Gasteiger partial charge in [0, 0.05) is 0 Å². The zero-order valence-electron chi connectivity index (χ0n) is 6.46. The summed E-state index contributed by atoms with van der Waals surface area (Å²) in [7, 11) is 0. The highest BCUT2D eigenvalue weighted by Gasteiger charge is 2.27. The van der Waals surface area contributed by atoms with E-state index in [1.165, 1.54) is 12.8 Å². The summed E-state index contributed by atoms with van der Waals surface area (Å²) in [6.45, 7) is 2.32. The first-order chi connectivity index (χ1) is 4.88. The molecule has 10 heavy (non-hydrogen) atoms. The van der Waals surface area contributed by atoms with Crippen molar-refractivity contribution in [2.45, 2.75) is 19.8 Å². The zero-order chi connectivity index (χ0) is 6.97. The Hall–Kier alpha value is -0.520. The second-order valence-electron chi connectivity index (χ2n) is 3.49. The van der Waals surface area contributed by atoms with Gasteiger partial charge in [0.1, 0.15) is 0 Å². The fourth-order valence-corrected chi connectivity index (χ4v) is 2.11. The fourth-order valence-electron chi connectivity index (χ4n) is 2.11. The number of hydrogen-bond donors (Lipinski definition) is 0. The van der Waals surface area contributed by atoms with E-state index < -0.39 is 0 Å². The van der Waals surface area contributed by atoms with E-state index in [0.29, 0.717) is 0 Å². The Morgan fingerprint density at radius 3 is 2.90 bits per heavy atom. The molecule has 0 aromatic rings. The molecule has 0 amide bonds. The Bertz CT molecular complexity index is 176. The Balaban J connectivity index is 2.19. The molecule has 0 radical (unpaired) electrons. The standard InChI is InChI=1S/C10H14/c1-8-6-7-9-4-2-3-5-10(8)9/h3,5-10H,2,4H2,1H3. The third-order valence-corrected chi connectivity index (χ3v) is 2.79. The summed E-state index contributed by atoms with van der Waals surface area (Å²) in [4.78, 5) is 0. The molecule has 0 heterocycles. The van der Waals surface area contributed by atoms with E-state index in [-0.39, 0.29) is 0 Å². The van der Waals surface area contributed by atoms with Crippen LogP contribution in [0.15, 0.2) is 24.3 Å². The minimum Gasteiger partial charge on any atom is -0.0882 e. The van der Waals surface area contributed by atoms with E-state index in [1.807, 2.05) is 0 Å². The summed E-state index contributed by atoms with van der Waals surface area (Å²) >= 11 is 0. The average molecular weight is 134 g/mol. The molecule has 0 bridgehead atoms. The van der Waals surface area contributed by atoms with Gasteiger partial charge in [-0.05, 0) is 30.6 Å². The quantitative estimate of drug-likeness (QED) is 0.447. The van der Waals surface area contributed by atoms with E-state index in [4.69, 9.17) is 0 Å². The number of fused-ring (bicyclic) bond motifs is 1. The van der Waals surface area contributed by atoms with Gasteiger partial charge in [-0.25, -0.2) is 0 Å². The predicted molar refractivity (Wildman–Crippen MR) is 43.7 cm³/mol. The predicted octanol–water partition coefficient (Wildman–Crippen LogP) is 2.77. The topological polar surface area (TPSA) is 0 Å². The van der Waals surface area contributed by atoms with Crippen molar-refractivity contribution in [1.82, 2.24) is 0 Å². The highest BCUT2D eigenvalue weighted by Crippen LogP contribution is 2.37. The second-order valence-corrected chi connectivity index (χ2v) is 3.49. The van der Waals surface area contributed by atoms with Gasteiger partial charge in [0.05, 0.1) is 0 Å². The molecule has 0 aromatic carbocycles. The summed E-state index contributed by atoms with van der Waals surface area (Å²) in [5.41, 5.74) is 0. The molecule has 0 aliphatic heterocycles. The van der Waals surface area contributed by atoms with Gasteiger partial charge in [-0.3, -0.25) is 0 Å². The van der Waals surface area contributed by atoms with Crippen molar-refractivity contribution in [2.24, 2.45) is 17.8 Å². The van der Waals surface area contributed by atoms with Gasteiger partial charge in [-0.2, -0.15) is 0 Å². The molecule has 2 rings (SSSR count). The van der Waals surface area contributed by atoms with Crippen LogP contribution < -0.4 is 0 Å². The van der Waals surface area contributed by atoms with Crippen LogP contribution in [0.5, 0.6) is 0 Å². The lowest BCUT2D eigenvalue weighted by molar-refractivity contribution is 0.393. The molecule has 0 saturated carbocycles. The van der Waals surface area contributed by atoms with Crippen LogP contribution in [0.2, 0.25) is 0 Å². The molecule has 54 valence electrons. The largest absolute Gasteiger partial charge is 0.0882 e. The number of hydrogen-bond acceptors (Lipinski definition) is 0. The lowest BCUT2D eigenvalue weighted by Gasteiger charge is -2.22. The molecule has 0 aromatic heterocycles. The van der Waals surface area contributed by atoms with Crippen molar-refractivity contribution < 1.29 is 0 Å². The Morgan fingerprint density at radius 2 is 2.10 bits per heavy atom. The smallest absolute Gasteiger partial charge is 0.0110 e. The van der Waals surface area contributed by atoms with Gasteiger partial charge in [-0.15, -0.1) is 0 Å². The highest BCUT2D eigenvalue weighted by atomic mass is 14.3. The van der Waals surface area contributed by atoms with E-state index in [0.717, 1.165) is 17.8 Å². The van der Waals surface area contributed by atoms with Crippen LogP contribution in [0.1, 0.15) is 19.8 Å². The summed E-state index contributed by atoms with van der Waals surface area (Å²) < 4.78 is 0. The van der Waals surface area contributed by atoms with Crippen LogP contribution in [0, 0.1) is 17.8 Å². The van der Waals surface area contributed by atoms with E-state index in [1.54, 1.807) is 0 Å². The molecule has 3 atom stereocenters. The molecule has 0 saturated heterocycles. The highest BCUT2D eigenvalue weighted by molar-refractivity contribution is 5.14. The van der Waals surface area contributed by atoms with Crippen molar-refractivity contribution >= 4 is 0 Å². The molecule has 0 nitrogen and oxygen atoms in total. The maximum Gasteiger partial charge on any atom is -0.0110 e. The molecular formula is C10H14. The first-order valence-electron chi connectivity index (χ1n) is 4.23. The van der Waals surface area contributed by atoms with Crippen LogP contribution >= 0.6 is 0 Å². The lowest BCUT2D eigenvalue weighted by Crippen LogP contribution is -2.13. The Morgan fingerprint density at radius 1 is 1.20 bits per heavy atom. The molecule has 0 heteroatoms. The first-order valence-corrected chi connectivity index (χ1v) is 4.23. The van der Waals surface area contributed by atoms with Crippen molar-refractivity contribution in [1.29, 1.82) is 0 Å². The summed E-state index contributed by atoms with van der Waals surface area (Å²) in [5.74, 6) is 2.51. The average Bonchev–Trinajstić information content (AvgIpc) is 2.34. The summed E-state index contributed by atoms with van der Waals surface area (Å²) in [6, 6.07) is 0. The second kappa shape index (κ2) is 2.26. The minimum absolute atomic E-state index is 0.793. The van der Waals surface area contributed by atoms with E-state index in [9.17, 15) is 0 Å². The summed E-state index contributed by atoms with van der Waals surface area (Å²) in [5, 5.41) is 0. The lowest BCUT2D eigenvalue weighted by atomic mass is 9.82.